The molecule has 5 rings (SSSR count). The number of aliphatic hydroxyl groups excluding tert-OH is 1. The van der Waals surface area contributed by atoms with Crippen molar-refractivity contribution in [1.29, 1.82) is 0 Å². The monoisotopic (exact) mass is 473 g/mol. The molecule has 0 unspecified atom stereocenters. The van der Waals surface area contributed by atoms with Crippen LogP contribution in [0.25, 0.3) is 11.1 Å². The van der Waals surface area contributed by atoms with Crippen molar-refractivity contribution >= 4 is 11.7 Å². The lowest BCUT2D eigenvalue weighted by Gasteiger charge is -2.29. The van der Waals surface area contributed by atoms with Crippen LogP contribution in [0, 0.1) is 0 Å². The van der Waals surface area contributed by atoms with Crippen LogP contribution in [-0.4, -0.2) is 54.9 Å². The van der Waals surface area contributed by atoms with E-state index in [1.54, 1.807) is 6.07 Å². The third-order valence-corrected chi connectivity index (χ3v) is 6.51. The highest BCUT2D eigenvalue weighted by atomic mass is 16.6. The van der Waals surface area contributed by atoms with Gasteiger partial charge in [-0.15, -0.1) is 0 Å². The topological polar surface area (TPSA) is 83.1 Å². The summed E-state index contributed by atoms with van der Waals surface area (Å²) in [6.07, 6.45) is 1.37. The van der Waals surface area contributed by atoms with Crippen LogP contribution >= 0.6 is 0 Å². The van der Waals surface area contributed by atoms with Gasteiger partial charge in [0.05, 0.1) is 6.04 Å². The summed E-state index contributed by atoms with van der Waals surface area (Å²) in [5, 5.41) is 17.2. The molecule has 0 bridgehead atoms. The molecule has 3 aromatic carbocycles. The van der Waals surface area contributed by atoms with Crippen LogP contribution in [0.15, 0.2) is 72.8 Å². The van der Waals surface area contributed by atoms with E-state index in [9.17, 15) is 9.90 Å². The van der Waals surface area contributed by atoms with E-state index in [0.29, 0.717) is 42.5 Å². The first-order chi connectivity index (χ1) is 17.2. The standard InChI is InChI=1S/C28H31N3O4/c32-27(22-10-13-25-26(18-22)35-17-16-34-25)24(19-31-14-4-5-15-31)30-28(33)29-23-11-8-21(9-12-23)20-6-2-1-3-7-20/h1-3,6-13,18,24,27,32H,4-5,14-17,19H2,(H2,29,30,33)/t24-,27-/m1/s1. The third-order valence-electron chi connectivity index (χ3n) is 6.51. The van der Waals surface area contributed by atoms with E-state index in [4.69, 9.17) is 9.47 Å². The molecule has 2 heterocycles. The number of rotatable bonds is 7. The summed E-state index contributed by atoms with van der Waals surface area (Å²) in [5.41, 5.74) is 3.58. The summed E-state index contributed by atoms with van der Waals surface area (Å²) >= 11 is 0. The van der Waals surface area contributed by atoms with Crippen LogP contribution in [0.4, 0.5) is 10.5 Å². The van der Waals surface area contributed by atoms with Gasteiger partial charge in [-0.2, -0.15) is 0 Å². The first kappa shape index (κ1) is 23.2. The highest BCUT2D eigenvalue weighted by molar-refractivity contribution is 5.89. The molecule has 0 spiro atoms. The van der Waals surface area contributed by atoms with Gasteiger partial charge in [0.1, 0.15) is 19.3 Å². The lowest BCUT2D eigenvalue weighted by molar-refractivity contribution is 0.110. The summed E-state index contributed by atoms with van der Waals surface area (Å²) in [6.45, 7) is 3.49. The molecule has 2 aliphatic rings. The fraction of sp³-hybridized carbons (Fsp3) is 0.321. The van der Waals surface area contributed by atoms with Gasteiger partial charge in [-0.3, -0.25) is 0 Å². The Morgan fingerprint density at radius 1 is 0.886 bits per heavy atom. The van der Waals surface area contributed by atoms with E-state index in [-0.39, 0.29) is 6.03 Å². The number of likely N-dealkylation sites (tertiary alicyclic amines) is 1. The average Bonchev–Trinajstić information content (AvgIpc) is 3.42. The number of carbonyl (C=O) groups excluding carboxylic acids is 1. The molecular weight excluding hydrogens is 442 g/mol. The molecule has 7 heteroatoms. The van der Waals surface area contributed by atoms with E-state index in [1.165, 1.54) is 0 Å². The van der Waals surface area contributed by atoms with Crippen molar-refractivity contribution in [3.05, 3.63) is 78.4 Å². The van der Waals surface area contributed by atoms with E-state index in [1.807, 2.05) is 54.6 Å². The highest BCUT2D eigenvalue weighted by Gasteiger charge is 2.28. The van der Waals surface area contributed by atoms with Crippen LogP contribution in [0.3, 0.4) is 0 Å². The van der Waals surface area contributed by atoms with Gasteiger partial charge in [0, 0.05) is 12.2 Å². The number of nitrogens with one attached hydrogen (secondary N) is 2. The number of fused-ring (bicyclic) bond motifs is 1. The number of ether oxygens (including phenoxy) is 2. The number of amides is 2. The predicted octanol–water partition coefficient (Wildman–Crippen LogP) is 4.44. The Labute approximate surface area is 205 Å². The Bertz CT molecular complexity index is 1130. The summed E-state index contributed by atoms with van der Waals surface area (Å²) < 4.78 is 11.3. The van der Waals surface area contributed by atoms with Crippen LogP contribution < -0.4 is 20.1 Å². The highest BCUT2D eigenvalue weighted by Crippen LogP contribution is 2.33. The van der Waals surface area contributed by atoms with Crippen molar-refractivity contribution in [3.63, 3.8) is 0 Å². The van der Waals surface area contributed by atoms with Gasteiger partial charge < -0.3 is 30.1 Å². The number of benzene rings is 3. The van der Waals surface area contributed by atoms with Gasteiger partial charge in [-0.25, -0.2) is 4.79 Å². The van der Waals surface area contributed by atoms with E-state index >= 15 is 0 Å². The van der Waals surface area contributed by atoms with Crippen LogP contribution in [0.1, 0.15) is 24.5 Å². The Morgan fingerprint density at radius 3 is 2.31 bits per heavy atom. The fourth-order valence-corrected chi connectivity index (χ4v) is 4.66. The minimum absolute atomic E-state index is 0.349. The van der Waals surface area contributed by atoms with Crippen molar-refractivity contribution in [2.75, 3.05) is 38.2 Å². The molecule has 3 aromatic rings. The molecule has 1 saturated heterocycles. The number of carbonyl (C=O) groups is 1. The average molecular weight is 474 g/mol. The maximum absolute atomic E-state index is 12.9. The van der Waals surface area contributed by atoms with Crippen molar-refractivity contribution in [3.8, 4) is 22.6 Å². The van der Waals surface area contributed by atoms with Crippen LogP contribution in [0.2, 0.25) is 0 Å². The molecule has 35 heavy (non-hydrogen) atoms. The number of anilines is 1. The predicted molar refractivity (Wildman–Crippen MR) is 136 cm³/mol. The molecular formula is C28H31N3O4. The molecule has 1 fully saturated rings. The normalized spacial score (nSPS) is 16.9. The quantitative estimate of drug-likeness (QED) is 0.473. The maximum Gasteiger partial charge on any atom is 0.319 e. The number of urea groups is 1. The lowest BCUT2D eigenvalue weighted by atomic mass is 10.0. The summed E-state index contributed by atoms with van der Waals surface area (Å²) in [7, 11) is 0. The Hall–Kier alpha value is -3.55. The molecule has 0 aliphatic carbocycles. The van der Waals surface area contributed by atoms with Gasteiger partial charge >= 0.3 is 6.03 Å². The zero-order valence-corrected chi connectivity index (χ0v) is 19.7. The van der Waals surface area contributed by atoms with Gasteiger partial charge in [0.15, 0.2) is 11.5 Å². The van der Waals surface area contributed by atoms with Crippen LogP contribution in [0.5, 0.6) is 11.5 Å². The Morgan fingerprint density at radius 2 is 1.57 bits per heavy atom. The van der Waals surface area contributed by atoms with E-state index in [2.05, 4.69) is 27.7 Å². The lowest BCUT2D eigenvalue weighted by Crippen LogP contribution is -2.48. The second-order valence-electron chi connectivity index (χ2n) is 9.00. The second-order valence-corrected chi connectivity index (χ2v) is 9.00. The summed E-state index contributed by atoms with van der Waals surface area (Å²) in [5.74, 6) is 1.30. The first-order valence-corrected chi connectivity index (χ1v) is 12.2. The Balaban J connectivity index is 1.27. The number of hydrogen-bond acceptors (Lipinski definition) is 5. The van der Waals surface area contributed by atoms with Gasteiger partial charge in [0.25, 0.3) is 0 Å². The SMILES string of the molecule is O=C(Nc1ccc(-c2ccccc2)cc1)N[C@H](CN1CCCC1)[C@H](O)c1ccc2c(c1)OCCO2. The number of aliphatic hydroxyl groups is 1. The number of nitrogens with zero attached hydrogens (tertiary/aromatic N) is 1. The van der Waals surface area contributed by atoms with Gasteiger partial charge in [-0.1, -0.05) is 48.5 Å². The summed E-state index contributed by atoms with van der Waals surface area (Å²) in [4.78, 5) is 15.2. The van der Waals surface area contributed by atoms with Gasteiger partial charge in [0.2, 0.25) is 0 Å². The smallest absolute Gasteiger partial charge is 0.319 e. The summed E-state index contributed by atoms with van der Waals surface area (Å²) in [6, 6.07) is 22.4. The molecule has 2 aliphatic heterocycles. The molecule has 182 valence electrons. The van der Waals surface area contributed by atoms with E-state index < -0.39 is 12.1 Å². The zero-order chi connectivity index (χ0) is 24.0. The van der Waals surface area contributed by atoms with Gasteiger partial charge in [-0.05, 0) is 66.9 Å². The molecule has 7 nitrogen and oxygen atoms in total. The first-order valence-electron chi connectivity index (χ1n) is 12.2. The molecule has 2 atom stereocenters. The van der Waals surface area contributed by atoms with Crippen molar-refractivity contribution in [2.45, 2.75) is 25.0 Å². The van der Waals surface area contributed by atoms with Crippen molar-refractivity contribution in [1.82, 2.24) is 10.2 Å². The minimum atomic E-state index is -0.891. The minimum Gasteiger partial charge on any atom is -0.486 e. The van der Waals surface area contributed by atoms with Crippen molar-refractivity contribution < 1.29 is 19.4 Å². The maximum atomic E-state index is 12.9. The largest absolute Gasteiger partial charge is 0.486 e. The van der Waals surface area contributed by atoms with Crippen molar-refractivity contribution in [2.24, 2.45) is 0 Å². The third kappa shape index (κ3) is 5.75. The zero-order valence-electron chi connectivity index (χ0n) is 19.7. The molecule has 0 aromatic heterocycles. The molecule has 0 radical (unpaired) electrons. The number of hydrogen-bond donors (Lipinski definition) is 3. The molecule has 3 N–H and O–H groups in total. The molecule has 2 amide bonds. The second kappa shape index (κ2) is 10.8. The fourth-order valence-electron chi connectivity index (χ4n) is 4.66. The van der Waals surface area contributed by atoms with E-state index in [0.717, 1.165) is 37.1 Å². The Kier molecular flexibility index (Phi) is 7.16. The van der Waals surface area contributed by atoms with Crippen LogP contribution in [-0.2, 0) is 0 Å². The molecule has 0 saturated carbocycles.